The molecule has 0 saturated carbocycles. The molecule has 0 aliphatic carbocycles. The van der Waals surface area contributed by atoms with Crippen molar-refractivity contribution in [3.8, 4) is 0 Å². The molecule has 0 amide bonds. The Morgan fingerprint density at radius 3 is 2.32 bits per heavy atom. The van der Waals surface area contributed by atoms with Gasteiger partial charge < -0.3 is 5.11 Å². The van der Waals surface area contributed by atoms with Crippen LogP contribution in [0.25, 0.3) is 0 Å². The predicted molar refractivity (Wildman–Crippen MR) is 81.5 cm³/mol. The molecule has 0 radical (unpaired) electrons. The second kappa shape index (κ2) is 6.78. The Kier molecular flexibility index (Phi) is 5.05. The highest BCUT2D eigenvalue weighted by Crippen LogP contribution is 2.26. The highest BCUT2D eigenvalue weighted by Gasteiger charge is 2.06. The van der Waals surface area contributed by atoms with Gasteiger partial charge in [0.25, 0.3) is 0 Å². The van der Waals surface area contributed by atoms with Gasteiger partial charge in [0.15, 0.2) is 0 Å². The summed E-state index contributed by atoms with van der Waals surface area (Å²) in [5.41, 5.74) is 1.97. The van der Waals surface area contributed by atoms with Crippen LogP contribution in [0, 0.1) is 0 Å². The monoisotopic (exact) mass is 336 g/mol. The summed E-state index contributed by atoms with van der Waals surface area (Å²) in [4.78, 5) is 12.0. The van der Waals surface area contributed by atoms with Crippen LogP contribution in [0.5, 0.6) is 0 Å². The van der Waals surface area contributed by atoms with Crippen LogP contribution in [0.2, 0.25) is 0 Å². The van der Waals surface area contributed by atoms with E-state index < -0.39 is 5.97 Å². The largest absolute Gasteiger partial charge is 0.481 e. The van der Waals surface area contributed by atoms with Crippen LogP contribution in [0.15, 0.2) is 57.9 Å². The van der Waals surface area contributed by atoms with E-state index in [9.17, 15) is 4.79 Å². The summed E-state index contributed by atoms with van der Waals surface area (Å²) in [7, 11) is 0. The lowest BCUT2D eigenvalue weighted by molar-refractivity contribution is -0.136. The zero-order valence-corrected chi connectivity index (χ0v) is 12.6. The van der Waals surface area contributed by atoms with E-state index in [4.69, 9.17) is 5.11 Å². The lowest BCUT2D eigenvalue weighted by Crippen LogP contribution is -2.02. The van der Waals surface area contributed by atoms with Gasteiger partial charge in [-0.25, -0.2) is 0 Å². The van der Waals surface area contributed by atoms with Crippen molar-refractivity contribution in [3.63, 3.8) is 0 Å². The molecule has 0 spiro atoms. The van der Waals surface area contributed by atoms with E-state index in [0.717, 1.165) is 21.4 Å². The summed E-state index contributed by atoms with van der Waals surface area (Å²) in [5, 5.41) is 8.90. The van der Waals surface area contributed by atoms with Gasteiger partial charge in [0.05, 0.1) is 6.42 Å². The summed E-state index contributed by atoms with van der Waals surface area (Å²) in [6.45, 7) is 0. The predicted octanol–water partition coefficient (Wildman–Crippen LogP) is 4.37. The van der Waals surface area contributed by atoms with E-state index in [1.54, 1.807) is 11.8 Å². The topological polar surface area (TPSA) is 37.3 Å². The van der Waals surface area contributed by atoms with Crippen molar-refractivity contribution in [2.75, 3.05) is 0 Å². The fourth-order valence-electron chi connectivity index (χ4n) is 1.73. The molecule has 0 aliphatic heterocycles. The molecule has 2 rings (SSSR count). The van der Waals surface area contributed by atoms with E-state index in [-0.39, 0.29) is 6.42 Å². The smallest absolute Gasteiger partial charge is 0.307 e. The fraction of sp³-hybridized carbons (Fsp3) is 0.133. The number of benzene rings is 2. The van der Waals surface area contributed by atoms with Crippen molar-refractivity contribution in [3.05, 3.63) is 64.1 Å². The van der Waals surface area contributed by atoms with Crippen LogP contribution in [-0.4, -0.2) is 11.1 Å². The second-order valence-electron chi connectivity index (χ2n) is 4.08. The van der Waals surface area contributed by atoms with Gasteiger partial charge in [-0.3, -0.25) is 4.79 Å². The van der Waals surface area contributed by atoms with Crippen molar-refractivity contribution in [1.82, 2.24) is 0 Å². The van der Waals surface area contributed by atoms with Crippen molar-refractivity contribution in [2.24, 2.45) is 0 Å². The average molecular weight is 337 g/mol. The Balaban J connectivity index is 2.06. The molecule has 98 valence electrons. The highest BCUT2D eigenvalue weighted by atomic mass is 79.9. The molecule has 19 heavy (non-hydrogen) atoms. The van der Waals surface area contributed by atoms with Gasteiger partial charge >= 0.3 is 5.97 Å². The van der Waals surface area contributed by atoms with Gasteiger partial charge in [-0.05, 0) is 35.4 Å². The lowest BCUT2D eigenvalue weighted by atomic mass is 10.1. The van der Waals surface area contributed by atoms with E-state index in [1.807, 2.05) is 36.4 Å². The fourth-order valence-corrected chi connectivity index (χ4v) is 2.92. The Morgan fingerprint density at radius 1 is 1.05 bits per heavy atom. The molecule has 0 fully saturated rings. The third-order valence-electron chi connectivity index (χ3n) is 2.67. The Hall–Kier alpha value is -1.26. The van der Waals surface area contributed by atoms with Crippen molar-refractivity contribution >= 4 is 33.7 Å². The summed E-state index contributed by atoms with van der Waals surface area (Å²) in [5.74, 6) is -0.00783. The number of carbonyl (C=O) groups is 1. The first-order valence-corrected chi connectivity index (χ1v) is 7.60. The Morgan fingerprint density at radius 2 is 1.68 bits per heavy atom. The first kappa shape index (κ1) is 14.2. The van der Waals surface area contributed by atoms with Crippen molar-refractivity contribution in [1.29, 1.82) is 0 Å². The number of halogens is 1. The maximum Gasteiger partial charge on any atom is 0.307 e. The zero-order chi connectivity index (χ0) is 13.7. The minimum absolute atomic E-state index is 0.0804. The van der Waals surface area contributed by atoms with Crippen molar-refractivity contribution in [2.45, 2.75) is 17.1 Å². The summed E-state index contributed by atoms with van der Waals surface area (Å²) < 4.78 is 1.06. The molecule has 0 aromatic heterocycles. The molecular weight excluding hydrogens is 324 g/mol. The summed E-state index contributed by atoms with van der Waals surface area (Å²) in [6, 6.07) is 15.8. The first-order valence-electron chi connectivity index (χ1n) is 5.82. The van der Waals surface area contributed by atoms with E-state index >= 15 is 0 Å². The molecule has 0 atom stereocenters. The van der Waals surface area contributed by atoms with Crippen LogP contribution >= 0.6 is 27.7 Å². The second-order valence-corrected chi connectivity index (χ2v) is 6.05. The highest BCUT2D eigenvalue weighted by molar-refractivity contribution is 9.10. The summed E-state index contributed by atoms with van der Waals surface area (Å²) in [6.07, 6.45) is 0.0804. The van der Waals surface area contributed by atoms with Crippen LogP contribution in [-0.2, 0) is 17.0 Å². The molecule has 2 aromatic rings. The van der Waals surface area contributed by atoms with Crippen LogP contribution < -0.4 is 0 Å². The van der Waals surface area contributed by atoms with Crippen molar-refractivity contribution < 1.29 is 9.90 Å². The molecule has 0 aliphatic rings. The number of hydrogen-bond donors (Lipinski definition) is 1. The molecule has 0 unspecified atom stereocenters. The zero-order valence-electron chi connectivity index (χ0n) is 10.2. The standard InChI is InChI=1S/C15H13BrO2S/c16-13-5-7-14(8-6-13)19-10-12-4-2-1-3-11(12)9-15(17)18/h1-8H,9-10H2,(H,17,18). The number of carboxylic acid groups (broad SMARTS) is 1. The maximum absolute atomic E-state index is 10.8. The van der Waals surface area contributed by atoms with Gasteiger partial charge in [-0.15, -0.1) is 11.8 Å². The normalized spacial score (nSPS) is 10.4. The van der Waals surface area contributed by atoms with Crippen LogP contribution in [0.4, 0.5) is 0 Å². The first-order chi connectivity index (χ1) is 9.15. The number of hydrogen-bond acceptors (Lipinski definition) is 2. The van der Waals surface area contributed by atoms with E-state index in [0.29, 0.717) is 0 Å². The van der Waals surface area contributed by atoms with Gasteiger partial charge in [0.1, 0.15) is 0 Å². The van der Waals surface area contributed by atoms with Gasteiger partial charge in [-0.1, -0.05) is 40.2 Å². The third-order valence-corrected chi connectivity index (χ3v) is 4.26. The molecular formula is C15H13BrO2S. The Labute approximate surface area is 125 Å². The number of aliphatic carboxylic acids is 1. The van der Waals surface area contributed by atoms with Gasteiger partial charge in [-0.2, -0.15) is 0 Å². The third kappa shape index (κ3) is 4.40. The van der Waals surface area contributed by atoms with Crippen LogP contribution in [0.3, 0.4) is 0 Å². The Bertz CT molecular complexity index is 567. The van der Waals surface area contributed by atoms with Gasteiger partial charge in [0, 0.05) is 15.1 Å². The summed E-state index contributed by atoms with van der Waals surface area (Å²) >= 11 is 5.12. The molecule has 0 heterocycles. The number of rotatable bonds is 5. The van der Waals surface area contributed by atoms with Crippen LogP contribution in [0.1, 0.15) is 11.1 Å². The quantitative estimate of drug-likeness (QED) is 0.824. The molecule has 0 saturated heterocycles. The van der Waals surface area contributed by atoms with E-state index in [1.165, 1.54) is 4.90 Å². The average Bonchev–Trinajstić information content (AvgIpc) is 2.39. The number of carboxylic acids is 1. The minimum atomic E-state index is -0.791. The molecule has 1 N–H and O–H groups in total. The maximum atomic E-state index is 10.8. The molecule has 4 heteroatoms. The lowest BCUT2D eigenvalue weighted by Gasteiger charge is -2.07. The number of thioether (sulfide) groups is 1. The molecule has 2 nitrogen and oxygen atoms in total. The molecule has 0 bridgehead atoms. The van der Waals surface area contributed by atoms with E-state index in [2.05, 4.69) is 28.1 Å². The minimum Gasteiger partial charge on any atom is -0.481 e. The molecule has 2 aromatic carbocycles. The van der Waals surface area contributed by atoms with Gasteiger partial charge in [0.2, 0.25) is 0 Å². The SMILES string of the molecule is O=C(O)Cc1ccccc1CSc1ccc(Br)cc1.